The lowest BCUT2D eigenvalue weighted by Gasteiger charge is -2.10. The van der Waals surface area contributed by atoms with Crippen molar-refractivity contribution >= 4 is 34.1 Å². The first-order valence-electron chi connectivity index (χ1n) is 8.11. The highest BCUT2D eigenvalue weighted by Gasteiger charge is 2.15. The molecule has 128 valence electrons. The fourth-order valence-corrected chi connectivity index (χ4v) is 3.83. The maximum atomic E-state index is 12.4. The van der Waals surface area contributed by atoms with Crippen molar-refractivity contribution in [3.63, 3.8) is 0 Å². The van der Waals surface area contributed by atoms with Gasteiger partial charge in [-0.05, 0) is 19.4 Å². The van der Waals surface area contributed by atoms with Crippen molar-refractivity contribution < 1.29 is 4.79 Å². The molecule has 1 amide bonds. The Kier molecular flexibility index (Phi) is 5.89. The first kappa shape index (κ1) is 17.7. The van der Waals surface area contributed by atoms with Gasteiger partial charge in [0.05, 0.1) is 10.9 Å². The molecule has 1 atom stereocenters. The van der Waals surface area contributed by atoms with Crippen LogP contribution in [0.2, 0.25) is 0 Å². The van der Waals surface area contributed by atoms with Crippen molar-refractivity contribution in [3.05, 3.63) is 71.1 Å². The third-order valence-electron chi connectivity index (χ3n) is 3.79. The second kappa shape index (κ2) is 8.32. The van der Waals surface area contributed by atoms with Crippen LogP contribution in [0.3, 0.4) is 0 Å². The fraction of sp³-hybridized carbons (Fsp3) is 0.200. The van der Waals surface area contributed by atoms with Gasteiger partial charge in [-0.15, -0.1) is 23.1 Å². The zero-order valence-electron chi connectivity index (χ0n) is 14.2. The number of carbonyl (C=O) groups excluding carboxylic acids is 1. The van der Waals surface area contributed by atoms with Gasteiger partial charge in [-0.25, -0.2) is 4.98 Å². The van der Waals surface area contributed by atoms with Crippen LogP contribution in [0.15, 0.2) is 60.0 Å². The van der Waals surface area contributed by atoms with Crippen LogP contribution in [0, 0.1) is 6.92 Å². The first-order chi connectivity index (χ1) is 12.1. The lowest BCUT2D eigenvalue weighted by Crippen LogP contribution is -2.22. The maximum Gasteiger partial charge on any atom is 0.238 e. The van der Waals surface area contributed by atoms with Gasteiger partial charge in [-0.1, -0.05) is 60.2 Å². The van der Waals surface area contributed by atoms with Gasteiger partial charge in [0.25, 0.3) is 0 Å². The number of amides is 1. The van der Waals surface area contributed by atoms with E-state index in [1.165, 1.54) is 22.5 Å². The summed E-state index contributed by atoms with van der Waals surface area (Å²) in [6, 6.07) is 18.4. The summed E-state index contributed by atoms with van der Waals surface area (Å²) in [5, 5.41) is 5.41. The third kappa shape index (κ3) is 4.94. The number of aromatic nitrogens is 1. The van der Waals surface area contributed by atoms with Gasteiger partial charge in [-0.3, -0.25) is 4.79 Å². The molecule has 2 aromatic carbocycles. The summed E-state index contributed by atoms with van der Waals surface area (Å²) in [7, 11) is 0. The van der Waals surface area contributed by atoms with E-state index in [0.29, 0.717) is 5.13 Å². The molecular formula is C20H20N2OS2. The van der Waals surface area contributed by atoms with Crippen LogP contribution in [0.4, 0.5) is 5.13 Å². The molecule has 3 aromatic rings. The molecule has 3 rings (SSSR count). The van der Waals surface area contributed by atoms with Crippen LogP contribution in [0.5, 0.6) is 0 Å². The number of hydrogen-bond donors (Lipinski definition) is 1. The summed E-state index contributed by atoms with van der Waals surface area (Å²) in [6.07, 6.45) is 0. The Balaban J connectivity index is 1.56. The molecule has 1 N–H and O–H groups in total. The molecule has 1 heterocycles. The van der Waals surface area contributed by atoms with Crippen molar-refractivity contribution in [1.29, 1.82) is 0 Å². The minimum Gasteiger partial charge on any atom is -0.301 e. The Hall–Kier alpha value is -2.11. The highest BCUT2D eigenvalue weighted by molar-refractivity contribution is 7.99. The largest absolute Gasteiger partial charge is 0.301 e. The number of carbonyl (C=O) groups is 1. The number of aryl methyl sites for hydroxylation is 1. The van der Waals surface area contributed by atoms with Gasteiger partial charge < -0.3 is 5.32 Å². The average Bonchev–Trinajstić information content (AvgIpc) is 3.09. The zero-order valence-corrected chi connectivity index (χ0v) is 15.9. The Morgan fingerprint density at radius 2 is 1.88 bits per heavy atom. The molecule has 0 bridgehead atoms. The van der Waals surface area contributed by atoms with E-state index in [0.717, 1.165) is 17.0 Å². The summed E-state index contributed by atoms with van der Waals surface area (Å²) in [6.45, 7) is 3.99. The van der Waals surface area contributed by atoms with Gasteiger partial charge in [-0.2, -0.15) is 0 Å². The lowest BCUT2D eigenvalue weighted by atomic mass is 10.1. The van der Waals surface area contributed by atoms with E-state index in [1.54, 1.807) is 11.8 Å². The molecule has 0 aliphatic carbocycles. The Bertz CT molecular complexity index is 828. The number of thioether (sulfide) groups is 1. The van der Waals surface area contributed by atoms with Crippen LogP contribution >= 0.6 is 23.1 Å². The van der Waals surface area contributed by atoms with Gasteiger partial charge >= 0.3 is 0 Å². The molecule has 0 saturated heterocycles. The smallest absolute Gasteiger partial charge is 0.238 e. The molecular weight excluding hydrogens is 348 g/mol. The van der Waals surface area contributed by atoms with Crippen molar-refractivity contribution in [2.45, 2.75) is 24.9 Å². The Labute approximate surface area is 156 Å². The molecule has 0 radical (unpaired) electrons. The number of benzene rings is 2. The predicted octanol–water partition coefficient (Wildman–Crippen LogP) is 5.38. The molecule has 5 heteroatoms. The molecule has 0 aliphatic rings. The van der Waals surface area contributed by atoms with Crippen molar-refractivity contribution in [1.82, 2.24) is 4.98 Å². The Morgan fingerprint density at radius 1 is 1.16 bits per heavy atom. The highest BCUT2D eigenvalue weighted by atomic mass is 32.2. The topological polar surface area (TPSA) is 42.0 Å². The number of nitrogens with zero attached hydrogens (tertiary/aromatic N) is 1. The standard InChI is InChI=1S/C20H20N2OS2/c1-14-8-10-17(11-9-14)18-13-25-20(21-18)22-19(23)15(2)24-12-16-6-4-3-5-7-16/h3-11,13,15H,12H2,1-2H3,(H,21,22,23). The molecule has 1 unspecified atom stereocenters. The van der Waals surface area contributed by atoms with Crippen LogP contribution < -0.4 is 5.32 Å². The molecule has 25 heavy (non-hydrogen) atoms. The summed E-state index contributed by atoms with van der Waals surface area (Å²) < 4.78 is 0. The number of nitrogens with one attached hydrogen (secondary N) is 1. The number of hydrogen-bond acceptors (Lipinski definition) is 4. The monoisotopic (exact) mass is 368 g/mol. The highest BCUT2D eigenvalue weighted by Crippen LogP contribution is 2.26. The summed E-state index contributed by atoms with van der Waals surface area (Å²) in [5.41, 5.74) is 4.40. The normalized spacial score (nSPS) is 11.9. The van der Waals surface area contributed by atoms with Gasteiger partial charge in [0.2, 0.25) is 5.91 Å². The predicted molar refractivity (Wildman–Crippen MR) is 108 cm³/mol. The van der Waals surface area contributed by atoms with Crippen molar-refractivity contribution in [2.75, 3.05) is 5.32 Å². The van der Waals surface area contributed by atoms with E-state index in [1.807, 2.05) is 42.6 Å². The van der Waals surface area contributed by atoms with E-state index in [4.69, 9.17) is 0 Å². The lowest BCUT2D eigenvalue weighted by molar-refractivity contribution is -0.115. The second-order valence-electron chi connectivity index (χ2n) is 5.83. The molecule has 3 nitrogen and oxygen atoms in total. The van der Waals surface area contributed by atoms with E-state index in [-0.39, 0.29) is 11.2 Å². The van der Waals surface area contributed by atoms with Gasteiger partial charge in [0.1, 0.15) is 0 Å². The Morgan fingerprint density at radius 3 is 2.60 bits per heavy atom. The summed E-state index contributed by atoms with van der Waals surface area (Å²) in [5.74, 6) is 0.813. The van der Waals surface area contributed by atoms with E-state index in [9.17, 15) is 4.79 Å². The minimum absolute atomic E-state index is 0.00858. The summed E-state index contributed by atoms with van der Waals surface area (Å²) >= 11 is 3.08. The van der Waals surface area contributed by atoms with Crippen molar-refractivity contribution in [2.24, 2.45) is 0 Å². The quantitative estimate of drug-likeness (QED) is 0.635. The number of anilines is 1. The minimum atomic E-state index is -0.132. The fourth-order valence-electron chi connectivity index (χ4n) is 2.27. The average molecular weight is 369 g/mol. The molecule has 0 fully saturated rings. The van der Waals surface area contributed by atoms with Gasteiger partial charge in [0.15, 0.2) is 5.13 Å². The van der Waals surface area contributed by atoms with Crippen LogP contribution in [-0.2, 0) is 10.5 Å². The van der Waals surface area contributed by atoms with E-state index in [2.05, 4.69) is 41.5 Å². The van der Waals surface area contributed by atoms with Gasteiger partial charge in [0, 0.05) is 16.7 Å². The zero-order chi connectivity index (χ0) is 17.6. The summed E-state index contributed by atoms with van der Waals surface area (Å²) in [4.78, 5) is 16.9. The number of thiazole rings is 1. The van der Waals surface area contributed by atoms with Crippen LogP contribution in [0.1, 0.15) is 18.1 Å². The molecule has 0 aliphatic heterocycles. The van der Waals surface area contributed by atoms with Crippen LogP contribution in [-0.4, -0.2) is 16.1 Å². The SMILES string of the molecule is Cc1ccc(-c2csc(NC(=O)C(C)SCc3ccccc3)n2)cc1. The first-order valence-corrected chi connectivity index (χ1v) is 10.0. The maximum absolute atomic E-state index is 12.4. The third-order valence-corrected chi connectivity index (χ3v) is 5.77. The van der Waals surface area contributed by atoms with Crippen LogP contribution in [0.25, 0.3) is 11.3 Å². The molecule has 1 aromatic heterocycles. The van der Waals surface area contributed by atoms with E-state index < -0.39 is 0 Å². The number of rotatable bonds is 6. The van der Waals surface area contributed by atoms with E-state index >= 15 is 0 Å². The van der Waals surface area contributed by atoms with Crippen molar-refractivity contribution in [3.8, 4) is 11.3 Å². The molecule has 0 saturated carbocycles. The molecule has 0 spiro atoms. The second-order valence-corrected chi connectivity index (χ2v) is 8.02.